The van der Waals surface area contributed by atoms with E-state index in [1.54, 1.807) is 6.20 Å². The predicted octanol–water partition coefficient (Wildman–Crippen LogP) is 3.90. The zero-order valence-corrected chi connectivity index (χ0v) is 12.6. The highest BCUT2D eigenvalue weighted by Gasteiger charge is 2.13. The van der Waals surface area contributed by atoms with Gasteiger partial charge in [-0.1, -0.05) is 17.7 Å². The Bertz CT molecular complexity index is 633. The highest BCUT2D eigenvalue weighted by atomic mass is 35.5. The van der Waals surface area contributed by atoms with Crippen molar-refractivity contribution in [2.45, 2.75) is 25.8 Å². The third-order valence-corrected chi connectivity index (χ3v) is 3.77. The first kappa shape index (κ1) is 14.0. The largest absolute Gasteiger partial charge is 0.454 e. The van der Waals surface area contributed by atoms with Crippen LogP contribution in [0.1, 0.15) is 18.9 Å². The molecule has 0 aliphatic carbocycles. The molecule has 4 nitrogen and oxygen atoms in total. The van der Waals surface area contributed by atoms with Crippen molar-refractivity contribution < 1.29 is 9.47 Å². The van der Waals surface area contributed by atoms with Crippen LogP contribution >= 0.6 is 11.6 Å². The lowest BCUT2D eigenvalue weighted by atomic mass is 10.1. The van der Waals surface area contributed by atoms with Gasteiger partial charge in [-0.25, -0.2) is 4.98 Å². The second-order valence-electron chi connectivity index (χ2n) is 5.11. The van der Waals surface area contributed by atoms with Gasteiger partial charge < -0.3 is 14.8 Å². The fourth-order valence-corrected chi connectivity index (χ4v) is 2.48. The van der Waals surface area contributed by atoms with Gasteiger partial charge >= 0.3 is 0 Å². The van der Waals surface area contributed by atoms with Gasteiger partial charge in [-0.3, -0.25) is 0 Å². The molecule has 1 atom stereocenters. The average molecular weight is 305 g/mol. The molecule has 0 saturated carbocycles. The number of aromatic nitrogens is 1. The van der Waals surface area contributed by atoms with Gasteiger partial charge in [0.15, 0.2) is 16.7 Å². The summed E-state index contributed by atoms with van der Waals surface area (Å²) in [7, 11) is 0. The maximum atomic E-state index is 6.05. The minimum Gasteiger partial charge on any atom is -0.454 e. The number of ether oxygens (including phenoxy) is 2. The van der Waals surface area contributed by atoms with Gasteiger partial charge in [-0.05, 0) is 49.6 Å². The van der Waals surface area contributed by atoms with Gasteiger partial charge in [0.2, 0.25) is 6.79 Å². The fourth-order valence-electron chi connectivity index (χ4n) is 2.31. The Balaban J connectivity index is 1.56. The SMILES string of the molecule is CC(CCc1ccc2c(c1)OCO2)Nc1cccnc1Cl. The lowest BCUT2D eigenvalue weighted by molar-refractivity contribution is 0.174. The van der Waals surface area contributed by atoms with Gasteiger partial charge in [0.05, 0.1) is 5.69 Å². The molecule has 110 valence electrons. The molecule has 2 heterocycles. The van der Waals surface area contributed by atoms with Crippen LogP contribution in [0.15, 0.2) is 36.5 Å². The third kappa shape index (κ3) is 3.39. The summed E-state index contributed by atoms with van der Waals surface area (Å²) < 4.78 is 10.7. The number of aryl methyl sites for hydroxylation is 1. The van der Waals surface area contributed by atoms with Gasteiger partial charge in [0.25, 0.3) is 0 Å². The van der Waals surface area contributed by atoms with E-state index in [1.807, 2.05) is 24.3 Å². The van der Waals surface area contributed by atoms with E-state index in [1.165, 1.54) is 5.56 Å². The summed E-state index contributed by atoms with van der Waals surface area (Å²) in [6, 6.07) is 10.2. The molecule has 0 radical (unpaired) electrons. The van der Waals surface area contributed by atoms with Crippen LogP contribution < -0.4 is 14.8 Å². The van der Waals surface area contributed by atoms with E-state index in [0.717, 1.165) is 30.0 Å². The van der Waals surface area contributed by atoms with Crippen LogP contribution in [0.3, 0.4) is 0 Å². The van der Waals surface area contributed by atoms with E-state index in [9.17, 15) is 0 Å². The van der Waals surface area contributed by atoms with E-state index in [0.29, 0.717) is 18.0 Å². The Morgan fingerprint density at radius 2 is 2.14 bits per heavy atom. The number of fused-ring (bicyclic) bond motifs is 1. The van der Waals surface area contributed by atoms with E-state index in [-0.39, 0.29) is 0 Å². The number of nitrogens with one attached hydrogen (secondary N) is 1. The molecule has 3 rings (SSSR count). The molecular formula is C16H17ClN2O2. The molecule has 1 aromatic heterocycles. The summed E-state index contributed by atoms with van der Waals surface area (Å²) in [5.41, 5.74) is 2.11. The molecule has 1 unspecified atom stereocenters. The number of hydrogen-bond acceptors (Lipinski definition) is 4. The smallest absolute Gasteiger partial charge is 0.231 e. The maximum Gasteiger partial charge on any atom is 0.231 e. The van der Waals surface area contributed by atoms with Gasteiger partial charge in [0, 0.05) is 12.2 Å². The van der Waals surface area contributed by atoms with E-state index >= 15 is 0 Å². The first-order valence-electron chi connectivity index (χ1n) is 6.98. The van der Waals surface area contributed by atoms with Crippen molar-refractivity contribution in [3.63, 3.8) is 0 Å². The molecule has 0 bridgehead atoms. The number of rotatable bonds is 5. The zero-order valence-electron chi connectivity index (χ0n) is 11.8. The predicted molar refractivity (Wildman–Crippen MR) is 83.2 cm³/mol. The lowest BCUT2D eigenvalue weighted by Crippen LogP contribution is -2.16. The summed E-state index contributed by atoms with van der Waals surface area (Å²) in [6.07, 6.45) is 3.64. The second-order valence-corrected chi connectivity index (χ2v) is 5.47. The normalized spacial score (nSPS) is 14.0. The standard InChI is InChI=1S/C16H17ClN2O2/c1-11(19-13-3-2-8-18-16(13)17)4-5-12-6-7-14-15(9-12)21-10-20-14/h2-3,6-9,11,19H,4-5,10H2,1H3. The zero-order chi connectivity index (χ0) is 14.7. The summed E-state index contributed by atoms with van der Waals surface area (Å²) in [5.74, 6) is 1.66. The molecule has 1 aromatic carbocycles. The maximum absolute atomic E-state index is 6.05. The quantitative estimate of drug-likeness (QED) is 0.851. The van der Waals surface area contributed by atoms with Crippen molar-refractivity contribution >= 4 is 17.3 Å². The molecule has 0 fully saturated rings. The van der Waals surface area contributed by atoms with Crippen LogP contribution in [-0.4, -0.2) is 17.8 Å². The Morgan fingerprint density at radius 3 is 3.00 bits per heavy atom. The highest BCUT2D eigenvalue weighted by Crippen LogP contribution is 2.32. The highest BCUT2D eigenvalue weighted by molar-refractivity contribution is 6.31. The molecule has 5 heteroatoms. The van der Waals surface area contributed by atoms with E-state index in [2.05, 4.69) is 23.3 Å². The molecule has 1 N–H and O–H groups in total. The number of pyridine rings is 1. The first-order chi connectivity index (χ1) is 10.2. The van der Waals surface area contributed by atoms with Crippen molar-refractivity contribution in [1.82, 2.24) is 4.98 Å². The number of hydrogen-bond donors (Lipinski definition) is 1. The monoisotopic (exact) mass is 304 g/mol. The summed E-state index contributed by atoms with van der Waals surface area (Å²) >= 11 is 6.05. The molecule has 2 aromatic rings. The van der Waals surface area contributed by atoms with Crippen LogP contribution in [0.5, 0.6) is 11.5 Å². The summed E-state index contributed by atoms with van der Waals surface area (Å²) in [4.78, 5) is 4.06. The summed E-state index contributed by atoms with van der Waals surface area (Å²) in [6.45, 7) is 2.45. The Morgan fingerprint density at radius 1 is 1.29 bits per heavy atom. The molecule has 0 amide bonds. The average Bonchev–Trinajstić information content (AvgIpc) is 2.95. The van der Waals surface area contributed by atoms with Crippen molar-refractivity contribution in [1.29, 1.82) is 0 Å². The van der Waals surface area contributed by atoms with Crippen molar-refractivity contribution in [2.75, 3.05) is 12.1 Å². The summed E-state index contributed by atoms with van der Waals surface area (Å²) in [5, 5.41) is 3.89. The molecule has 0 spiro atoms. The lowest BCUT2D eigenvalue weighted by Gasteiger charge is -2.15. The number of benzene rings is 1. The Hall–Kier alpha value is -1.94. The topological polar surface area (TPSA) is 43.4 Å². The van der Waals surface area contributed by atoms with Crippen LogP contribution in [0, 0.1) is 0 Å². The molecule has 0 saturated heterocycles. The van der Waals surface area contributed by atoms with Crippen LogP contribution in [0.25, 0.3) is 0 Å². The number of halogens is 1. The van der Waals surface area contributed by atoms with Gasteiger partial charge in [-0.15, -0.1) is 0 Å². The van der Waals surface area contributed by atoms with Crippen molar-refractivity contribution in [3.8, 4) is 11.5 Å². The van der Waals surface area contributed by atoms with E-state index in [4.69, 9.17) is 21.1 Å². The van der Waals surface area contributed by atoms with Crippen molar-refractivity contribution in [2.24, 2.45) is 0 Å². The first-order valence-corrected chi connectivity index (χ1v) is 7.36. The molecule has 1 aliphatic rings. The minimum atomic E-state index is 0.303. The van der Waals surface area contributed by atoms with Crippen molar-refractivity contribution in [3.05, 3.63) is 47.2 Å². The van der Waals surface area contributed by atoms with Crippen LogP contribution in [-0.2, 0) is 6.42 Å². The van der Waals surface area contributed by atoms with Gasteiger partial charge in [-0.2, -0.15) is 0 Å². The number of nitrogens with zero attached hydrogens (tertiary/aromatic N) is 1. The van der Waals surface area contributed by atoms with Crippen LogP contribution in [0.4, 0.5) is 5.69 Å². The molecular weight excluding hydrogens is 288 g/mol. The second kappa shape index (κ2) is 6.22. The fraction of sp³-hybridized carbons (Fsp3) is 0.312. The molecule has 1 aliphatic heterocycles. The Kier molecular flexibility index (Phi) is 4.15. The van der Waals surface area contributed by atoms with Crippen LogP contribution in [0.2, 0.25) is 5.15 Å². The third-order valence-electron chi connectivity index (χ3n) is 3.46. The molecule has 21 heavy (non-hydrogen) atoms. The minimum absolute atomic E-state index is 0.303. The number of anilines is 1. The van der Waals surface area contributed by atoms with E-state index < -0.39 is 0 Å². The Labute approximate surface area is 129 Å². The van der Waals surface area contributed by atoms with Gasteiger partial charge in [0.1, 0.15) is 0 Å².